The number of carbonyl (C=O) groups is 2. The lowest BCUT2D eigenvalue weighted by molar-refractivity contribution is -0.126. The highest BCUT2D eigenvalue weighted by atomic mass is 16.5. The molecule has 1 aromatic rings. The number of carbonyl (C=O) groups excluding carboxylic acids is 2. The first kappa shape index (κ1) is 19.2. The van der Waals surface area contributed by atoms with Gasteiger partial charge in [0.1, 0.15) is 5.75 Å². The minimum absolute atomic E-state index is 0.0237. The van der Waals surface area contributed by atoms with Crippen molar-refractivity contribution in [1.82, 2.24) is 10.2 Å². The Morgan fingerprint density at radius 3 is 2.68 bits per heavy atom. The zero-order valence-corrected chi connectivity index (χ0v) is 15.8. The Hall–Kier alpha value is -2.08. The summed E-state index contributed by atoms with van der Waals surface area (Å²) in [6.07, 6.45) is 0.234. The number of nitrogens with one attached hydrogen (secondary N) is 1. The molecule has 0 saturated carbocycles. The standard InChI is InChI=1S/C19H29N3O3/c1-19(2,13-21(3)4)12-20-18(24)14-10-17(23)22(11-14)15-8-6-7-9-16(15)25-5/h6-9,14H,10-13H2,1-5H3,(H,20,24). The number of rotatable bonds is 7. The highest BCUT2D eigenvalue weighted by Gasteiger charge is 2.36. The molecule has 6 heteroatoms. The van der Waals surface area contributed by atoms with Crippen molar-refractivity contribution in [3.63, 3.8) is 0 Å². The molecule has 0 aromatic heterocycles. The lowest BCUT2D eigenvalue weighted by Crippen LogP contribution is -2.42. The molecule has 2 amide bonds. The maximum atomic E-state index is 12.5. The number of para-hydroxylation sites is 2. The van der Waals surface area contributed by atoms with Crippen molar-refractivity contribution >= 4 is 17.5 Å². The van der Waals surface area contributed by atoms with Crippen LogP contribution >= 0.6 is 0 Å². The largest absolute Gasteiger partial charge is 0.495 e. The Morgan fingerprint density at radius 2 is 2.04 bits per heavy atom. The number of hydrogen-bond acceptors (Lipinski definition) is 4. The molecule has 0 spiro atoms. The molecular formula is C19H29N3O3. The van der Waals surface area contributed by atoms with Crippen LogP contribution in [0.15, 0.2) is 24.3 Å². The number of nitrogens with zero attached hydrogens (tertiary/aromatic N) is 2. The predicted octanol–water partition coefficient (Wildman–Crippen LogP) is 1.75. The molecule has 25 heavy (non-hydrogen) atoms. The van der Waals surface area contributed by atoms with E-state index in [9.17, 15) is 9.59 Å². The van der Waals surface area contributed by atoms with Gasteiger partial charge in [-0.05, 0) is 31.6 Å². The van der Waals surface area contributed by atoms with Crippen LogP contribution in [-0.4, -0.2) is 57.6 Å². The molecule has 1 aromatic carbocycles. The molecule has 1 heterocycles. The van der Waals surface area contributed by atoms with Crippen molar-refractivity contribution in [2.75, 3.05) is 45.7 Å². The Labute approximate surface area is 150 Å². The summed E-state index contributed by atoms with van der Waals surface area (Å²) in [5.74, 6) is 0.214. The average molecular weight is 347 g/mol. The van der Waals surface area contributed by atoms with Gasteiger partial charge >= 0.3 is 0 Å². The molecule has 2 rings (SSSR count). The summed E-state index contributed by atoms with van der Waals surface area (Å²) in [7, 11) is 5.62. The summed E-state index contributed by atoms with van der Waals surface area (Å²) in [5, 5.41) is 3.02. The lowest BCUT2D eigenvalue weighted by Gasteiger charge is -2.29. The Balaban J connectivity index is 1.99. The van der Waals surface area contributed by atoms with E-state index in [2.05, 4.69) is 24.1 Å². The number of amides is 2. The number of benzene rings is 1. The summed E-state index contributed by atoms with van der Waals surface area (Å²) in [4.78, 5) is 28.7. The van der Waals surface area contributed by atoms with Crippen LogP contribution in [0, 0.1) is 11.3 Å². The number of methoxy groups -OCH3 is 1. The minimum atomic E-state index is -0.326. The molecule has 0 radical (unpaired) electrons. The summed E-state index contributed by atoms with van der Waals surface area (Å²) >= 11 is 0. The van der Waals surface area contributed by atoms with Crippen LogP contribution in [0.25, 0.3) is 0 Å². The topological polar surface area (TPSA) is 61.9 Å². The van der Waals surface area contributed by atoms with Gasteiger partial charge in [0.2, 0.25) is 11.8 Å². The summed E-state index contributed by atoms with van der Waals surface area (Å²) in [6.45, 7) is 6.09. The zero-order valence-electron chi connectivity index (χ0n) is 15.8. The molecule has 1 aliphatic heterocycles. The first-order chi connectivity index (χ1) is 11.7. The molecule has 1 N–H and O–H groups in total. The average Bonchev–Trinajstić information content (AvgIpc) is 2.93. The first-order valence-corrected chi connectivity index (χ1v) is 8.59. The van der Waals surface area contributed by atoms with Gasteiger partial charge < -0.3 is 19.9 Å². The molecule has 1 unspecified atom stereocenters. The van der Waals surface area contributed by atoms with E-state index in [0.29, 0.717) is 18.8 Å². The van der Waals surface area contributed by atoms with Crippen LogP contribution in [0.2, 0.25) is 0 Å². The van der Waals surface area contributed by atoms with E-state index in [-0.39, 0.29) is 29.6 Å². The molecule has 1 aliphatic rings. The lowest BCUT2D eigenvalue weighted by atomic mass is 9.92. The van der Waals surface area contributed by atoms with Gasteiger partial charge in [-0.15, -0.1) is 0 Å². The first-order valence-electron chi connectivity index (χ1n) is 8.59. The van der Waals surface area contributed by atoms with Crippen molar-refractivity contribution in [2.45, 2.75) is 20.3 Å². The van der Waals surface area contributed by atoms with Crippen LogP contribution in [0.5, 0.6) is 5.75 Å². The van der Waals surface area contributed by atoms with Gasteiger partial charge in [-0.2, -0.15) is 0 Å². The Morgan fingerprint density at radius 1 is 1.36 bits per heavy atom. The SMILES string of the molecule is COc1ccccc1N1CC(C(=O)NCC(C)(C)CN(C)C)CC1=O. The van der Waals surface area contributed by atoms with Crippen molar-refractivity contribution in [3.8, 4) is 5.75 Å². The van der Waals surface area contributed by atoms with Gasteiger partial charge in [0.25, 0.3) is 0 Å². The minimum Gasteiger partial charge on any atom is -0.495 e. The maximum Gasteiger partial charge on any atom is 0.227 e. The Kier molecular flexibility index (Phi) is 6.06. The normalized spacial score (nSPS) is 17.9. The second-order valence-electron chi connectivity index (χ2n) is 7.70. The number of hydrogen-bond donors (Lipinski definition) is 1. The fourth-order valence-corrected chi connectivity index (χ4v) is 3.35. The quantitative estimate of drug-likeness (QED) is 0.816. The predicted molar refractivity (Wildman–Crippen MR) is 98.8 cm³/mol. The van der Waals surface area contributed by atoms with Gasteiger partial charge in [0.15, 0.2) is 0 Å². The van der Waals surface area contributed by atoms with E-state index in [4.69, 9.17) is 4.74 Å². The van der Waals surface area contributed by atoms with Gasteiger partial charge in [-0.25, -0.2) is 0 Å². The van der Waals surface area contributed by atoms with Crippen molar-refractivity contribution in [1.29, 1.82) is 0 Å². The summed E-state index contributed by atoms with van der Waals surface area (Å²) < 4.78 is 5.33. The van der Waals surface area contributed by atoms with Crippen LogP contribution in [-0.2, 0) is 9.59 Å². The second kappa shape index (κ2) is 7.87. The third-order valence-corrected chi connectivity index (χ3v) is 4.36. The maximum absolute atomic E-state index is 12.5. The number of anilines is 1. The Bertz CT molecular complexity index is 628. The fraction of sp³-hybridized carbons (Fsp3) is 0.579. The van der Waals surface area contributed by atoms with E-state index in [1.165, 1.54) is 0 Å². The molecule has 1 fully saturated rings. The van der Waals surface area contributed by atoms with Crippen LogP contribution in [0.3, 0.4) is 0 Å². The number of ether oxygens (including phenoxy) is 1. The molecule has 138 valence electrons. The van der Waals surface area contributed by atoms with E-state index >= 15 is 0 Å². The van der Waals surface area contributed by atoms with Gasteiger partial charge in [-0.1, -0.05) is 26.0 Å². The highest BCUT2D eigenvalue weighted by molar-refractivity contribution is 6.01. The van der Waals surface area contributed by atoms with Crippen molar-refractivity contribution in [2.24, 2.45) is 11.3 Å². The summed E-state index contributed by atoms with van der Waals surface area (Å²) in [6, 6.07) is 7.39. The van der Waals surface area contributed by atoms with Gasteiger partial charge in [-0.3, -0.25) is 9.59 Å². The van der Waals surface area contributed by atoms with Crippen LogP contribution in [0.4, 0.5) is 5.69 Å². The monoisotopic (exact) mass is 347 g/mol. The molecule has 1 saturated heterocycles. The van der Waals surface area contributed by atoms with Crippen LogP contribution in [0.1, 0.15) is 20.3 Å². The third kappa shape index (κ3) is 4.95. The molecule has 0 aliphatic carbocycles. The zero-order chi connectivity index (χ0) is 18.6. The van der Waals surface area contributed by atoms with E-state index in [1.54, 1.807) is 12.0 Å². The van der Waals surface area contributed by atoms with Crippen LogP contribution < -0.4 is 15.0 Å². The smallest absolute Gasteiger partial charge is 0.227 e. The van der Waals surface area contributed by atoms with Crippen molar-refractivity contribution in [3.05, 3.63) is 24.3 Å². The van der Waals surface area contributed by atoms with E-state index in [1.807, 2.05) is 38.4 Å². The van der Waals surface area contributed by atoms with E-state index in [0.717, 1.165) is 12.2 Å². The molecular weight excluding hydrogens is 318 g/mol. The van der Waals surface area contributed by atoms with E-state index < -0.39 is 0 Å². The van der Waals surface area contributed by atoms with Gasteiger partial charge in [0, 0.05) is 26.1 Å². The van der Waals surface area contributed by atoms with Gasteiger partial charge in [0.05, 0.1) is 18.7 Å². The highest BCUT2D eigenvalue weighted by Crippen LogP contribution is 2.32. The molecule has 1 atom stereocenters. The van der Waals surface area contributed by atoms with Crippen molar-refractivity contribution < 1.29 is 14.3 Å². The molecule has 0 bridgehead atoms. The molecule has 6 nitrogen and oxygen atoms in total. The fourth-order valence-electron chi connectivity index (χ4n) is 3.35. The summed E-state index contributed by atoms with van der Waals surface area (Å²) in [5.41, 5.74) is 0.697. The third-order valence-electron chi connectivity index (χ3n) is 4.36. The second-order valence-corrected chi connectivity index (χ2v) is 7.70.